The Morgan fingerprint density at radius 1 is 1.03 bits per heavy atom. The Kier molecular flexibility index (Phi) is 7.38. The molecule has 0 fully saturated rings. The van der Waals surface area contributed by atoms with Gasteiger partial charge in [0, 0.05) is 44.8 Å². The molecule has 1 aliphatic rings. The highest BCUT2D eigenvalue weighted by atomic mass is 15.3. The van der Waals surface area contributed by atoms with E-state index in [-0.39, 0.29) is 0 Å². The van der Waals surface area contributed by atoms with Crippen LogP contribution in [-0.2, 0) is 32.5 Å². The number of hydrogen-bond acceptors (Lipinski definition) is 4. The van der Waals surface area contributed by atoms with Crippen LogP contribution in [0, 0.1) is 0 Å². The fourth-order valence-corrected chi connectivity index (χ4v) is 4.09. The van der Waals surface area contributed by atoms with E-state index >= 15 is 0 Å². The Labute approximate surface area is 190 Å². The molecule has 0 saturated carbocycles. The third-order valence-corrected chi connectivity index (χ3v) is 5.80. The maximum atomic E-state index is 4.75. The minimum Gasteiger partial charge on any atom is -0.367 e. The molecule has 0 spiro atoms. The van der Waals surface area contributed by atoms with Crippen molar-refractivity contribution in [2.75, 3.05) is 24.5 Å². The molecule has 2 aromatic carbocycles. The molecular formula is C25H33N7. The molecule has 0 amide bonds. The summed E-state index contributed by atoms with van der Waals surface area (Å²) in [6.45, 7) is 9.28. The number of nitrogens with zero attached hydrogens (tertiary/aromatic N) is 5. The van der Waals surface area contributed by atoms with Gasteiger partial charge in [0.2, 0.25) is 0 Å². The van der Waals surface area contributed by atoms with Crippen molar-refractivity contribution >= 4 is 11.6 Å². The largest absolute Gasteiger partial charge is 0.367 e. The summed E-state index contributed by atoms with van der Waals surface area (Å²) in [6, 6.07) is 17.6. The zero-order chi connectivity index (χ0) is 22.2. The lowest BCUT2D eigenvalue weighted by atomic mass is 10.1. The van der Waals surface area contributed by atoms with Crippen molar-refractivity contribution in [2.45, 2.75) is 46.3 Å². The topological polar surface area (TPSA) is 70.4 Å². The molecule has 0 bridgehead atoms. The highest BCUT2D eigenvalue weighted by molar-refractivity contribution is 5.79. The van der Waals surface area contributed by atoms with Gasteiger partial charge in [-0.1, -0.05) is 49.4 Å². The Hall–Kier alpha value is -3.35. The molecule has 7 nitrogen and oxygen atoms in total. The van der Waals surface area contributed by atoms with Crippen LogP contribution in [0.2, 0.25) is 0 Å². The van der Waals surface area contributed by atoms with E-state index in [9.17, 15) is 0 Å². The zero-order valence-corrected chi connectivity index (χ0v) is 19.1. The second-order valence-corrected chi connectivity index (χ2v) is 8.03. The average molecular weight is 432 g/mol. The number of anilines is 1. The second kappa shape index (κ2) is 10.8. The van der Waals surface area contributed by atoms with Crippen LogP contribution >= 0.6 is 0 Å². The minimum absolute atomic E-state index is 0.648. The predicted octanol–water partition coefficient (Wildman–Crippen LogP) is 3.16. The van der Waals surface area contributed by atoms with Gasteiger partial charge in [-0.05, 0) is 36.1 Å². The van der Waals surface area contributed by atoms with E-state index in [1.807, 2.05) is 0 Å². The number of aryl methyl sites for hydroxylation is 1. The van der Waals surface area contributed by atoms with Crippen molar-refractivity contribution in [2.24, 2.45) is 4.99 Å². The number of fused-ring (bicyclic) bond motifs is 1. The summed E-state index contributed by atoms with van der Waals surface area (Å²) in [5, 5.41) is 14.8. The fraction of sp³-hybridized carbons (Fsp3) is 0.400. The van der Waals surface area contributed by atoms with Crippen LogP contribution in [0.3, 0.4) is 0 Å². The molecule has 0 unspecified atom stereocenters. The van der Waals surface area contributed by atoms with Crippen LogP contribution in [0.1, 0.15) is 36.4 Å². The number of nitrogens with one attached hydrogen (secondary N) is 2. The summed E-state index contributed by atoms with van der Waals surface area (Å²) in [6.07, 6.45) is 3.81. The summed E-state index contributed by atoms with van der Waals surface area (Å²) >= 11 is 0. The van der Waals surface area contributed by atoms with Gasteiger partial charge >= 0.3 is 0 Å². The lowest BCUT2D eigenvalue weighted by Crippen LogP contribution is -2.38. The van der Waals surface area contributed by atoms with Gasteiger partial charge in [0.25, 0.3) is 0 Å². The maximum Gasteiger partial charge on any atom is 0.191 e. The fourth-order valence-electron chi connectivity index (χ4n) is 4.09. The van der Waals surface area contributed by atoms with E-state index in [4.69, 9.17) is 4.99 Å². The molecule has 7 heteroatoms. The van der Waals surface area contributed by atoms with Crippen molar-refractivity contribution in [1.29, 1.82) is 0 Å². The highest BCUT2D eigenvalue weighted by Crippen LogP contribution is 2.28. The van der Waals surface area contributed by atoms with Crippen LogP contribution in [0.25, 0.3) is 0 Å². The first-order chi connectivity index (χ1) is 15.8. The quantitative estimate of drug-likeness (QED) is 0.402. The Morgan fingerprint density at radius 2 is 1.84 bits per heavy atom. The molecule has 2 N–H and O–H groups in total. The van der Waals surface area contributed by atoms with Gasteiger partial charge in [-0.15, -0.1) is 10.2 Å². The summed E-state index contributed by atoms with van der Waals surface area (Å²) < 4.78 is 2.08. The van der Waals surface area contributed by atoms with Crippen LogP contribution in [-0.4, -0.2) is 40.4 Å². The Morgan fingerprint density at radius 3 is 2.66 bits per heavy atom. The SMILES string of the molecule is CCNC(=NCc1ccc(CN2CCc3ccccc32)cc1)NCCn1cnnc1CC. The summed E-state index contributed by atoms with van der Waals surface area (Å²) in [5.41, 5.74) is 5.37. The number of para-hydroxylation sites is 1. The number of benzene rings is 2. The molecule has 3 aromatic rings. The molecule has 0 saturated heterocycles. The van der Waals surface area contributed by atoms with Gasteiger partial charge in [0.1, 0.15) is 12.2 Å². The lowest BCUT2D eigenvalue weighted by Gasteiger charge is -2.19. The molecule has 0 aliphatic carbocycles. The van der Waals surface area contributed by atoms with Crippen LogP contribution < -0.4 is 15.5 Å². The highest BCUT2D eigenvalue weighted by Gasteiger charge is 2.18. The van der Waals surface area contributed by atoms with Crippen molar-refractivity contribution in [1.82, 2.24) is 25.4 Å². The Balaban J connectivity index is 1.30. The van der Waals surface area contributed by atoms with Gasteiger partial charge < -0.3 is 20.1 Å². The predicted molar refractivity (Wildman–Crippen MR) is 130 cm³/mol. The molecule has 1 aromatic heterocycles. The van der Waals surface area contributed by atoms with E-state index in [1.54, 1.807) is 6.33 Å². The second-order valence-electron chi connectivity index (χ2n) is 8.03. The molecule has 0 atom stereocenters. The summed E-state index contributed by atoms with van der Waals surface area (Å²) in [4.78, 5) is 7.22. The van der Waals surface area contributed by atoms with E-state index < -0.39 is 0 Å². The van der Waals surface area contributed by atoms with Gasteiger partial charge in [0.05, 0.1) is 6.54 Å². The van der Waals surface area contributed by atoms with E-state index in [1.165, 1.54) is 22.4 Å². The zero-order valence-electron chi connectivity index (χ0n) is 19.1. The Bertz CT molecular complexity index is 1020. The molecule has 2 heterocycles. The molecule has 0 radical (unpaired) electrons. The molecule has 32 heavy (non-hydrogen) atoms. The maximum absolute atomic E-state index is 4.75. The summed E-state index contributed by atoms with van der Waals surface area (Å²) in [7, 11) is 0. The van der Waals surface area contributed by atoms with Crippen molar-refractivity contribution in [3.05, 3.63) is 77.4 Å². The molecule has 1 aliphatic heterocycles. The molecule has 168 valence electrons. The van der Waals surface area contributed by atoms with Gasteiger partial charge in [-0.25, -0.2) is 4.99 Å². The van der Waals surface area contributed by atoms with Gasteiger partial charge in [-0.2, -0.15) is 0 Å². The van der Waals surface area contributed by atoms with Crippen LogP contribution in [0.5, 0.6) is 0 Å². The number of aromatic nitrogens is 3. The minimum atomic E-state index is 0.648. The van der Waals surface area contributed by atoms with Crippen molar-refractivity contribution in [3.8, 4) is 0 Å². The average Bonchev–Trinajstić information content (AvgIpc) is 3.45. The number of hydrogen-bond donors (Lipinski definition) is 2. The van der Waals surface area contributed by atoms with Gasteiger partial charge in [-0.3, -0.25) is 0 Å². The smallest absolute Gasteiger partial charge is 0.191 e. The van der Waals surface area contributed by atoms with Crippen LogP contribution in [0.15, 0.2) is 59.9 Å². The van der Waals surface area contributed by atoms with E-state index in [0.717, 1.165) is 57.3 Å². The van der Waals surface area contributed by atoms with Gasteiger partial charge in [0.15, 0.2) is 5.96 Å². The number of rotatable bonds is 9. The number of guanidine groups is 1. The first kappa shape index (κ1) is 21.9. The monoisotopic (exact) mass is 431 g/mol. The molecule has 4 rings (SSSR count). The lowest BCUT2D eigenvalue weighted by molar-refractivity contribution is 0.632. The first-order valence-electron chi connectivity index (χ1n) is 11.6. The van der Waals surface area contributed by atoms with Crippen LogP contribution in [0.4, 0.5) is 5.69 Å². The van der Waals surface area contributed by atoms with E-state index in [0.29, 0.717) is 6.54 Å². The third-order valence-electron chi connectivity index (χ3n) is 5.80. The standard InChI is InChI=1S/C25H33N7/c1-3-24-30-29-19-32(24)16-14-27-25(26-4-2)28-17-20-9-11-21(12-10-20)18-31-15-13-22-7-5-6-8-23(22)31/h5-12,19H,3-4,13-18H2,1-2H3,(H2,26,27,28). The van der Waals surface area contributed by atoms with E-state index in [2.05, 4.69) is 92.7 Å². The normalized spacial score (nSPS) is 13.3. The van der Waals surface area contributed by atoms with Crippen molar-refractivity contribution in [3.63, 3.8) is 0 Å². The number of aliphatic imine (C=N–C) groups is 1. The third kappa shape index (κ3) is 5.46. The van der Waals surface area contributed by atoms with Crippen molar-refractivity contribution < 1.29 is 0 Å². The molecular weight excluding hydrogens is 398 g/mol. The summed E-state index contributed by atoms with van der Waals surface area (Å²) in [5.74, 6) is 1.84. The first-order valence-corrected chi connectivity index (χ1v) is 11.6.